The van der Waals surface area contributed by atoms with Crippen LogP contribution in [0.1, 0.15) is 32.6 Å². The molecule has 0 aromatic rings. The van der Waals surface area contributed by atoms with E-state index in [0.717, 1.165) is 6.42 Å². The van der Waals surface area contributed by atoms with Crippen LogP contribution in [-0.4, -0.2) is 35.4 Å². The maximum atomic E-state index is 10.8. The zero-order valence-corrected chi connectivity index (χ0v) is 8.89. The Morgan fingerprint density at radius 2 is 2.20 bits per heavy atom. The Balaban J connectivity index is 3.66. The van der Waals surface area contributed by atoms with Gasteiger partial charge in [0, 0.05) is 6.61 Å². The number of carbonyl (C=O) groups excluding carboxylic acids is 2. The zero-order chi connectivity index (χ0) is 11.7. The number of ether oxygens (including phenoxy) is 1. The first-order chi connectivity index (χ1) is 7.10. The molecule has 0 spiro atoms. The molecule has 5 heteroatoms. The van der Waals surface area contributed by atoms with Crippen molar-refractivity contribution in [2.75, 3.05) is 6.61 Å². The van der Waals surface area contributed by atoms with Gasteiger partial charge in [-0.3, -0.25) is 9.59 Å². The molecule has 0 radical (unpaired) electrons. The average molecular weight is 218 g/mol. The lowest BCUT2D eigenvalue weighted by Crippen LogP contribution is -2.18. The van der Waals surface area contributed by atoms with Gasteiger partial charge in [-0.2, -0.15) is 0 Å². The highest BCUT2D eigenvalue weighted by atomic mass is 16.6. The van der Waals surface area contributed by atoms with E-state index in [0.29, 0.717) is 12.8 Å². The number of rotatable bonds is 8. The molecule has 2 N–H and O–H groups in total. The highest BCUT2D eigenvalue weighted by Crippen LogP contribution is 2.14. The van der Waals surface area contributed by atoms with Crippen molar-refractivity contribution in [2.24, 2.45) is 5.92 Å². The fourth-order valence-electron chi connectivity index (χ4n) is 1.40. The van der Waals surface area contributed by atoms with E-state index in [-0.39, 0.29) is 25.4 Å². The maximum Gasteiger partial charge on any atom is 0.315 e. The van der Waals surface area contributed by atoms with Gasteiger partial charge in [0.05, 0.1) is 12.5 Å². The number of hydrogen-bond acceptors (Lipinski definition) is 5. The second-order valence-electron chi connectivity index (χ2n) is 3.65. The molecule has 2 atom stereocenters. The number of aliphatic hydroxyl groups is 2. The average Bonchev–Trinajstić information content (AvgIpc) is 2.14. The fraction of sp³-hybridized carbons (Fsp3) is 0.800. The van der Waals surface area contributed by atoms with Gasteiger partial charge >= 0.3 is 12.4 Å². The van der Waals surface area contributed by atoms with Crippen molar-refractivity contribution < 1.29 is 24.5 Å². The van der Waals surface area contributed by atoms with Crippen LogP contribution < -0.4 is 0 Å². The molecule has 0 saturated carbocycles. The summed E-state index contributed by atoms with van der Waals surface area (Å²) < 4.78 is 4.06. The largest absolute Gasteiger partial charge is 0.396 e. The van der Waals surface area contributed by atoms with Gasteiger partial charge in [-0.05, 0) is 25.2 Å². The molecule has 0 fully saturated rings. The van der Waals surface area contributed by atoms with Gasteiger partial charge in [-0.1, -0.05) is 6.92 Å². The van der Waals surface area contributed by atoms with E-state index < -0.39 is 12.1 Å². The van der Waals surface area contributed by atoms with Gasteiger partial charge in [0.1, 0.15) is 0 Å². The van der Waals surface area contributed by atoms with Crippen LogP contribution in [0, 0.1) is 5.92 Å². The van der Waals surface area contributed by atoms with Crippen LogP contribution in [-0.2, 0) is 14.3 Å². The first-order valence-corrected chi connectivity index (χ1v) is 5.02. The van der Waals surface area contributed by atoms with Crippen LogP contribution in [0.3, 0.4) is 0 Å². The molecule has 0 aromatic heterocycles. The third-order valence-corrected chi connectivity index (χ3v) is 2.11. The molecule has 2 unspecified atom stereocenters. The first-order valence-electron chi connectivity index (χ1n) is 5.02. The number of hydrogen-bond donors (Lipinski definition) is 2. The fourth-order valence-corrected chi connectivity index (χ4v) is 1.40. The highest BCUT2D eigenvalue weighted by Gasteiger charge is 2.15. The Morgan fingerprint density at radius 1 is 1.53 bits per heavy atom. The summed E-state index contributed by atoms with van der Waals surface area (Å²) in [4.78, 5) is 20.6. The van der Waals surface area contributed by atoms with Crippen LogP contribution in [0.25, 0.3) is 0 Å². The van der Waals surface area contributed by atoms with Gasteiger partial charge in [-0.15, -0.1) is 0 Å². The Kier molecular flexibility index (Phi) is 7.85. The smallest absolute Gasteiger partial charge is 0.315 e. The normalized spacial score (nSPS) is 14.3. The minimum absolute atomic E-state index is 0.0598. The molecule has 0 aliphatic heterocycles. The number of esters is 1. The third-order valence-electron chi connectivity index (χ3n) is 2.11. The summed E-state index contributed by atoms with van der Waals surface area (Å²) in [5.74, 6) is -0.483. The molecule has 0 heterocycles. The molecule has 0 bridgehead atoms. The zero-order valence-electron chi connectivity index (χ0n) is 8.89. The molecule has 88 valence electrons. The third kappa shape index (κ3) is 8.08. The monoisotopic (exact) mass is 218 g/mol. The Morgan fingerprint density at radius 3 is 2.73 bits per heavy atom. The molecule has 0 amide bonds. The van der Waals surface area contributed by atoms with E-state index in [1.54, 1.807) is 0 Å². The Hall–Kier alpha value is -0.940. The van der Waals surface area contributed by atoms with Crippen LogP contribution >= 0.6 is 0 Å². The lowest BCUT2D eigenvalue weighted by atomic mass is 9.97. The maximum absolute atomic E-state index is 10.8. The molecular formula is C10H18O5. The summed E-state index contributed by atoms with van der Waals surface area (Å²) in [5, 5.41) is 18.0. The summed E-state index contributed by atoms with van der Waals surface area (Å²) in [6, 6.07) is 0. The first kappa shape index (κ1) is 14.1. The Bertz CT molecular complexity index is 192. The van der Waals surface area contributed by atoms with Gasteiger partial charge < -0.3 is 14.9 Å². The van der Waals surface area contributed by atoms with Crippen LogP contribution in [0.4, 0.5) is 0 Å². The summed E-state index contributed by atoms with van der Waals surface area (Å²) in [7, 11) is 0. The predicted octanol–water partition coefficient (Wildman–Crippen LogP) is 0.236. The van der Waals surface area contributed by atoms with E-state index in [9.17, 15) is 14.7 Å². The van der Waals surface area contributed by atoms with E-state index in [2.05, 4.69) is 4.74 Å². The molecule has 15 heavy (non-hydrogen) atoms. The summed E-state index contributed by atoms with van der Waals surface area (Å²) >= 11 is 0. The second kappa shape index (κ2) is 8.38. The van der Waals surface area contributed by atoms with Crippen molar-refractivity contribution in [3.63, 3.8) is 0 Å². The molecule has 0 aromatic carbocycles. The van der Waals surface area contributed by atoms with Crippen molar-refractivity contribution in [3.05, 3.63) is 0 Å². The molecule has 0 rings (SSSR count). The molecule has 5 nitrogen and oxygen atoms in total. The molecule has 0 aliphatic rings. The van der Waals surface area contributed by atoms with Crippen molar-refractivity contribution in [3.8, 4) is 0 Å². The topological polar surface area (TPSA) is 83.8 Å². The van der Waals surface area contributed by atoms with Crippen LogP contribution in [0.15, 0.2) is 0 Å². The summed E-state index contributed by atoms with van der Waals surface area (Å²) in [6.07, 6.45) is 1.00. The minimum atomic E-state index is -0.786. The SMILES string of the molecule is CC(CCCO)CC(O)CC(=O)OC=O. The lowest BCUT2D eigenvalue weighted by molar-refractivity contribution is -0.153. The van der Waals surface area contributed by atoms with E-state index in [1.807, 2.05) is 6.92 Å². The molecule has 0 saturated heterocycles. The van der Waals surface area contributed by atoms with Gasteiger partial charge in [-0.25, -0.2) is 0 Å². The predicted molar refractivity (Wildman–Crippen MR) is 52.9 cm³/mol. The van der Waals surface area contributed by atoms with Crippen molar-refractivity contribution in [1.82, 2.24) is 0 Å². The van der Waals surface area contributed by atoms with Crippen molar-refractivity contribution in [2.45, 2.75) is 38.7 Å². The number of carbonyl (C=O) groups is 2. The van der Waals surface area contributed by atoms with E-state index in [1.165, 1.54) is 0 Å². The molecular weight excluding hydrogens is 200 g/mol. The minimum Gasteiger partial charge on any atom is -0.396 e. The summed E-state index contributed by atoms with van der Waals surface area (Å²) in [6.45, 7) is 2.13. The van der Waals surface area contributed by atoms with Crippen LogP contribution in [0.2, 0.25) is 0 Å². The number of aliphatic hydroxyl groups excluding tert-OH is 2. The highest BCUT2D eigenvalue weighted by molar-refractivity contribution is 5.76. The standard InChI is InChI=1S/C10H18O5/c1-8(3-2-4-11)5-9(13)6-10(14)15-7-12/h7-9,11,13H,2-6H2,1H3. The van der Waals surface area contributed by atoms with Gasteiger partial charge in [0.15, 0.2) is 0 Å². The van der Waals surface area contributed by atoms with Gasteiger partial charge in [0.25, 0.3) is 0 Å². The van der Waals surface area contributed by atoms with Gasteiger partial charge in [0.2, 0.25) is 0 Å². The van der Waals surface area contributed by atoms with Crippen molar-refractivity contribution >= 4 is 12.4 Å². The van der Waals surface area contributed by atoms with E-state index in [4.69, 9.17) is 5.11 Å². The van der Waals surface area contributed by atoms with Crippen LogP contribution in [0.5, 0.6) is 0 Å². The van der Waals surface area contributed by atoms with Crippen molar-refractivity contribution in [1.29, 1.82) is 0 Å². The second-order valence-corrected chi connectivity index (χ2v) is 3.65. The lowest BCUT2D eigenvalue weighted by Gasteiger charge is -2.14. The Labute approximate surface area is 89.0 Å². The molecule has 0 aliphatic carbocycles. The summed E-state index contributed by atoms with van der Waals surface area (Å²) in [5.41, 5.74) is 0. The van der Waals surface area contributed by atoms with E-state index >= 15 is 0 Å². The quantitative estimate of drug-likeness (QED) is 0.346.